The summed E-state index contributed by atoms with van der Waals surface area (Å²) >= 11 is 8.55. The number of ketones is 1. The van der Waals surface area contributed by atoms with Crippen molar-refractivity contribution in [2.75, 3.05) is 5.75 Å². The normalized spacial score (nSPS) is 10.5. The molecule has 1 aromatic heterocycles. The van der Waals surface area contributed by atoms with Crippen LogP contribution in [-0.4, -0.2) is 20.9 Å². The minimum Gasteiger partial charge on any atom is -0.293 e. The maximum absolute atomic E-state index is 11.9. The van der Waals surface area contributed by atoms with Crippen LogP contribution in [-0.2, 0) is 0 Å². The average molecular weight is 285 g/mol. The maximum atomic E-state index is 11.9. The standard InChI is InChI=1S/C11H9ClN2OS2/c1-7-13-11(17-14-7)16-6-10(15)8-3-2-4-9(12)5-8/h2-5H,6H2,1H3. The van der Waals surface area contributed by atoms with Crippen molar-refractivity contribution in [2.24, 2.45) is 0 Å². The molecule has 0 N–H and O–H groups in total. The van der Waals surface area contributed by atoms with Gasteiger partial charge in [0.05, 0.1) is 5.75 Å². The van der Waals surface area contributed by atoms with Crippen molar-refractivity contribution in [2.45, 2.75) is 11.3 Å². The molecule has 0 saturated heterocycles. The fourth-order valence-electron chi connectivity index (χ4n) is 1.21. The molecular weight excluding hydrogens is 276 g/mol. The van der Waals surface area contributed by atoms with Gasteiger partial charge in [-0.25, -0.2) is 4.98 Å². The Bertz CT molecular complexity index is 542. The summed E-state index contributed by atoms with van der Waals surface area (Å²) in [5.41, 5.74) is 0.631. The molecule has 1 heterocycles. The van der Waals surface area contributed by atoms with Gasteiger partial charge in [-0.1, -0.05) is 35.5 Å². The van der Waals surface area contributed by atoms with Crippen LogP contribution in [0.25, 0.3) is 0 Å². The van der Waals surface area contributed by atoms with Crippen LogP contribution < -0.4 is 0 Å². The number of benzene rings is 1. The van der Waals surface area contributed by atoms with Gasteiger partial charge in [-0.05, 0) is 30.6 Å². The Labute approximate surface area is 112 Å². The Morgan fingerprint density at radius 1 is 1.53 bits per heavy atom. The quantitative estimate of drug-likeness (QED) is 0.637. The van der Waals surface area contributed by atoms with Gasteiger partial charge in [0, 0.05) is 10.6 Å². The molecular formula is C11H9ClN2OS2. The Morgan fingerprint density at radius 2 is 2.35 bits per heavy atom. The Kier molecular flexibility index (Phi) is 4.15. The summed E-state index contributed by atoms with van der Waals surface area (Å²) < 4.78 is 4.88. The number of hydrogen-bond donors (Lipinski definition) is 0. The van der Waals surface area contributed by atoms with Crippen molar-refractivity contribution in [3.63, 3.8) is 0 Å². The fourth-order valence-corrected chi connectivity index (χ4v) is 2.94. The highest BCUT2D eigenvalue weighted by Gasteiger charge is 2.09. The van der Waals surface area contributed by atoms with Crippen LogP contribution in [0, 0.1) is 6.92 Å². The van der Waals surface area contributed by atoms with Crippen molar-refractivity contribution in [1.82, 2.24) is 9.36 Å². The van der Waals surface area contributed by atoms with Crippen LogP contribution in [0.5, 0.6) is 0 Å². The monoisotopic (exact) mass is 284 g/mol. The molecule has 0 fully saturated rings. The molecule has 88 valence electrons. The minimum absolute atomic E-state index is 0.0466. The smallest absolute Gasteiger partial charge is 0.173 e. The van der Waals surface area contributed by atoms with E-state index in [1.807, 2.05) is 6.92 Å². The van der Waals surface area contributed by atoms with E-state index in [1.54, 1.807) is 24.3 Å². The van der Waals surface area contributed by atoms with Crippen molar-refractivity contribution < 1.29 is 4.79 Å². The molecule has 0 amide bonds. The number of hydrogen-bond acceptors (Lipinski definition) is 5. The van der Waals surface area contributed by atoms with Gasteiger partial charge in [0.1, 0.15) is 5.82 Å². The van der Waals surface area contributed by atoms with Crippen LogP contribution in [0.15, 0.2) is 28.6 Å². The molecule has 0 aliphatic heterocycles. The topological polar surface area (TPSA) is 42.9 Å². The van der Waals surface area contributed by atoms with Crippen molar-refractivity contribution >= 4 is 40.7 Å². The summed E-state index contributed by atoms with van der Waals surface area (Å²) in [4.78, 5) is 16.0. The Morgan fingerprint density at radius 3 is 3.00 bits per heavy atom. The minimum atomic E-state index is 0.0466. The van der Waals surface area contributed by atoms with Gasteiger partial charge in [-0.2, -0.15) is 4.37 Å². The molecule has 6 heteroatoms. The van der Waals surface area contributed by atoms with Gasteiger partial charge in [0.15, 0.2) is 10.1 Å². The lowest BCUT2D eigenvalue weighted by molar-refractivity contribution is 0.102. The van der Waals surface area contributed by atoms with E-state index in [4.69, 9.17) is 11.6 Å². The molecule has 0 aliphatic rings. The van der Waals surface area contributed by atoms with E-state index in [1.165, 1.54) is 23.3 Å². The fraction of sp³-hybridized carbons (Fsp3) is 0.182. The number of halogens is 1. The summed E-state index contributed by atoms with van der Waals surface area (Å²) in [6.45, 7) is 1.83. The molecule has 0 saturated carbocycles. The molecule has 2 rings (SSSR count). The highest BCUT2D eigenvalue weighted by Crippen LogP contribution is 2.21. The predicted molar refractivity (Wildman–Crippen MR) is 71.2 cm³/mol. The van der Waals surface area contributed by atoms with E-state index in [-0.39, 0.29) is 5.78 Å². The summed E-state index contributed by atoms with van der Waals surface area (Å²) in [7, 11) is 0. The van der Waals surface area contributed by atoms with Crippen LogP contribution in [0.3, 0.4) is 0 Å². The van der Waals surface area contributed by atoms with Crippen LogP contribution in [0.4, 0.5) is 0 Å². The third-order valence-electron chi connectivity index (χ3n) is 1.98. The Hall–Kier alpha value is -0.910. The third-order valence-corrected chi connectivity index (χ3v) is 4.14. The molecule has 0 unspecified atom stereocenters. The van der Waals surface area contributed by atoms with E-state index in [2.05, 4.69) is 9.36 Å². The first kappa shape index (κ1) is 12.5. The number of carbonyl (C=O) groups excluding carboxylic acids is 1. The van der Waals surface area contributed by atoms with Gasteiger partial charge < -0.3 is 0 Å². The zero-order valence-electron chi connectivity index (χ0n) is 9.01. The highest BCUT2D eigenvalue weighted by molar-refractivity contribution is 8.01. The SMILES string of the molecule is Cc1nsc(SCC(=O)c2cccc(Cl)c2)n1. The summed E-state index contributed by atoms with van der Waals surface area (Å²) in [6.07, 6.45) is 0. The number of rotatable bonds is 4. The summed E-state index contributed by atoms with van der Waals surface area (Å²) in [6, 6.07) is 6.96. The number of nitrogens with zero attached hydrogens (tertiary/aromatic N) is 2. The molecule has 0 spiro atoms. The lowest BCUT2D eigenvalue weighted by Gasteiger charge is -1.99. The average Bonchev–Trinajstić information content (AvgIpc) is 2.72. The van der Waals surface area contributed by atoms with Gasteiger partial charge in [-0.15, -0.1) is 0 Å². The van der Waals surface area contributed by atoms with Crippen LogP contribution >= 0.6 is 34.9 Å². The van der Waals surface area contributed by atoms with Gasteiger partial charge in [-0.3, -0.25) is 4.79 Å². The first-order chi connectivity index (χ1) is 8.15. The van der Waals surface area contributed by atoms with E-state index in [0.717, 1.165) is 10.2 Å². The second-order valence-corrected chi connectivity index (χ2v) is 5.74. The van der Waals surface area contributed by atoms with E-state index in [0.29, 0.717) is 16.3 Å². The lowest BCUT2D eigenvalue weighted by atomic mass is 10.1. The molecule has 3 nitrogen and oxygen atoms in total. The van der Waals surface area contributed by atoms with Crippen molar-refractivity contribution in [3.8, 4) is 0 Å². The summed E-state index contributed by atoms with van der Waals surface area (Å²) in [5, 5.41) is 0.576. The zero-order valence-corrected chi connectivity index (χ0v) is 11.4. The molecule has 0 bridgehead atoms. The molecule has 0 radical (unpaired) electrons. The molecule has 0 atom stereocenters. The Balaban J connectivity index is 1.98. The number of thioether (sulfide) groups is 1. The summed E-state index contributed by atoms with van der Waals surface area (Å²) in [5.74, 6) is 1.15. The van der Waals surface area contributed by atoms with Gasteiger partial charge in [0.25, 0.3) is 0 Å². The number of carbonyl (C=O) groups is 1. The number of aromatic nitrogens is 2. The lowest BCUT2D eigenvalue weighted by Crippen LogP contribution is -2.01. The van der Waals surface area contributed by atoms with E-state index < -0.39 is 0 Å². The first-order valence-electron chi connectivity index (χ1n) is 4.87. The largest absolute Gasteiger partial charge is 0.293 e. The second kappa shape index (κ2) is 5.62. The molecule has 17 heavy (non-hydrogen) atoms. The van der Waals surface area contributed by atoms with Gasteiger partial charge >= 0.3 is 0 Å². The molecule has 2 aromatic rings. The van der Waals surface area contributed by atoms with Crippen LogP contribution in [0.1, 0.15) is 16.2 Å². The molecule has 1 aromatic carbocycles. The van der Waals surface area contributed by atoms with Crippen molar-refractivity contribution in [1.29, 1.82) is 0 Å². The number of Topliss-reactive ketones (excluding diaryl/α,β-unsaturated/α-hetero) is 1. The first-order valence-corrected chi connectivity index (χ1v) is 7.01. The van der Waals surface area contributed by atoms with Crippen LogP contribution in [0.2, 0.25) is 5.02 Å². The zero-order chi connectivity index (χ0) is 12.3. The third kappa shape index (κ3) is 3.52. The van der Waals surface area contributed by atoms with E-state index in [9.17, 15) is 4.79 Å². The van der Waals surface area contributed by atoms with Crippen molar-refractivity contribution in [3.05, 3.63) is 40.7 Å². The predicted octanol–water partition coefficient (Wildman–Crippen LogP) is 3.47. The maximum Gasteiger partial charge on any atom is 0.173 e. The van der Waals surface area contributed by atoms with E-state index >= 15 is 0 Å². The van der Waals surface area contributed by atoms with Gasteiger partial charge in [0.2, 0.25) is 0 Å². The molecule has 0 aliphatic carbocycles. The highest BCUT2D eigenvalue weighted by atomic mass is 35.5. The second-order valence-electron chi connectivity index (χ2n) is 3.33. The number of aryl methyl sites for hydroxylation is 1.